The van der Waals surface area contributed by atoms with Crippen LogP contribution in [0, 0.1) is 11.3 Å². The first-order chi connectivity index (χ1) is 9.30. The van der Waals surface area contributed by atoms with Gasteiger partial charge in [-0.25, -0.2) is 0 Å². The van der Waals surface area contributed by atoms with Gasteiger partial charge in [-0.15, -0.1) is 0 Å². The minimum atomic E-state index is 0.532. The maximum absolute atomic E-state index is 5.65. The smallest absolute Gasteiger partial charge is 0.0548 e. The van der Waals surface area contributed by atoms with Gasteiger partial charge >= 0.3 is 0 Å². The van der Waals surface area contributed by atoms with Crippen LogP contribution in [0.4, 0.5) is 0 Å². The Balaban J connectivity index is 1.58. The summed E-state index contributed by atoms with van der Waals surface area (Å²) in [7, 11) is 0. The van der Waals surface area contributed by atoms with Gasteiger partial charge in [-0.2, -0.15) is 0 Å². The number of ether oxygens (including phenoxy) is 1. The summed E-state index contributed by atoms with van der Waals surface area (Å²) in [5, 5.41) is 3.46. The summed E-state index contributed by atoms with van der Waals surface area (Å²) in [6.07, 6.45) is 8.64. The normalized spacial score (nSPS) is 30.8. The van der Waals surface area contributed by atoms with Crippen molar-refractivity contribution in [2.75, 3.05) is 39.4 Å². The molecule has 3 aliphatic rings. The van der Waals surface area contributed by atoms with Crippen molar-refractivity contribution in [1.29, 1.82) is 0 Å². The summed E-state index contributed by atoms with van der Waals surface area (Å²) >= 11 is 0. The molecule has 110 valence electrons. The Hall–Kier alpha value is -0.120. The van der Waals surface area contributed by atoms with Crippen LogP contribution in [0.1, 0.15) is 45.4 Å². The Morgan fingerprint density at radius 2 is 1.84 bits per heavy atom. The average molecular weight is 266 g/mol. The van der Waals surface area contributed by atoms with E-state index in [4.69, 9.17) is 4.74 Å². The highest BCUT2D eigenvalue weighted by atomic mass is 16.5. The first-order valence-corrected chi connectivity index (χ1v) is 8.33. The van der Waals surface area contributed by atoms with E-state index < -0.39 is 0 Å². The van der Waals surface area contributed by atoms with Gasteiger partial charge in [0.2, 0.25) is 0 Å². The van der Waals surface area contributed by atoms with Crippen molar-refractivity contribution >= 4 is 0 Å². The Kier molecular flexibility index (Phi) is 4.45. The quantitative estimate of drug-likeness (QED) is 0.845. The van der Waals surface area contributed by atoms with Crippen LogP contribution in [0.25, 0.3) is 0 Å². The minimum absolute atomic E-state index is 0.532. The summed E-state index contributed by atoms with van der Waals surface area (Å²) in [5.74, 6) is 0.945. The van der Waals surface area contributed by atoms with E-state index in [1.807, 2.05) is 0 Å². The molecule has 1 unspecified atom stereocenters. The Morgan fingerprint density at radius 3 is 2.42 bits per heavy atom. The molecule has 1 N–H and O–H groups in total. The zero-order chi connectivity index (χ0) is 13.1. The first kappa shape index (κ1) is 13.8. The van der Waals surface area contributed by atoms with E-state index in [0.717, 1.165) is 38.3 Å². The second-order valence-electron chi connectivity index (χ2n) is 7.03. The number of hydrogen-bond donors (Lipinski definition) is 1. The van der Waals surface area contributed by atoms with Crippen LogP contribution >= 0.6 is 0 Å². The number of nitrogens with zero attached hydrogens (tertiary/aromatic N) is 1. The first-order valence-electron chi connectivity index (χ1n) is 8.33. The standard InChI is InChI=1S/C16H30N2O/c1-14(18-9-7-17-8-10-18)11-16(12-19-13-16)15-5-3-2-4-6-15/h14-15,17H,2-13H2,1H3. The highest BCUT2D eigenvalue weighted by Gasteiger charge is 2.46. The molecule has 1 aliphatic carbocycles. The molecule has 0 aromatic rings. The number of nitrogens with one attached hydrogen (secondary N) is 1. The summed E-state index contributed by atoms with van der Waals surface area (Å²) in [6.45, 7) is 9.29. The fourth-order valence-corrected chi connectivity index (χ4v) is 4.44. The molecular formula is C16H30N2O. The highest BCUT2D eigenvalue weighted by Crippen LogP contribution is 2.47. The van der Waals surface area contributed by atoms with Gasteiger partial charge in [-0.05, 0) is 32.1 Å². The van der Waals surface area contributed by atoms with E-state index in [-0.39, 0.29) is 0 Å². The van der Waals surface area contributed by atoms with E-state index in [1.165, 1.54) is 51.6 Å². The summed E-state index contributed by atoms with van der Waals surface area (Å²) < 4.78 is 5.65. The van der Waals surface area contributed by atoms with Crippen LogP contribution in [-0.4, -0.2) is 50.3 Å². The van der Waals surface area contributed by atoms with Gasteiger partial charge in [0.05, 0.1) is 13.2 Å². The third-order valence-corrected chi connectivity index (χ3v) is 5.73. The summed E-state index contributed by atoms with van der Waals surface area (Å²) in [4.78, 5) is 2.68. The molecule has 3 heteroatoms. The van der Waals surface area contributed by atoms with E-state index in [9.17, 15) is 0 Å². The number of hydrogen-bond acceptors (Lipinski definition) is 3. The highest BCUT2D eigenvalue weighted by molar-refractivity contribution is 4.95. The molecule has 0 aromatic carbocycles. The maximum Gasteiger partial charge on any atom is 0.0548 e. The molecule has 3 fully saturated rings. The molecule has 0 aromatic heterocycles. The van der Waals surface area contributed by atoms with Gasteiger partial charge in [-0.1, -0.05) is 19.3 Å². The van der Waals surface area contributed by atoms with E-state index in [1.54, 1.807) is 0 Å². The summed E-state index contributed by atoms with van der Waals surface area (Å²) in [5.41, 5.74) is 0.532. The Bertz CT molecular complexity index is 278. The fraction of sp³-hybridized carbons (Fsp3) is 1.00. The van der Waals surface area contributed by atoms with Gasteiger partial charge in [0.15, 0.2) is 0 Å². The molecule has 0 radical (unpaired) electrons. The molecule has 3 rings (SSSR count). The van der Waals surface area contributed by atoms with E-state index in [2.05, 4.69) is 17.1 Å². The predicted molar refractivity (Wildman–Crippen MR) is 78.3 cm³/mol. The minimum Gasteiger partial charge on any atom is -0.380 e. The lowest BCUT2D eigenvalue weighted by atomic mass is 9.64. The van der Waals surface area contributed by atoms with Crippen LogP contribution in [0.5, 0.6) is 0 Å². The molecule has 0 spiro atoms. The fourth-order valence-electron chi connectivity index (χ4n) is 4.44. The predicted octanol–water partition coefficient (Wildman–Crippen LogP) is 2.27. The van der Waals surface area contributed by atoms with Crippen molar-refractivity contribution in [3.63, 3.8) is 0 Å². The zero-order valence-electron chi connectivity index (χ0n) is 12.5. The molecule has 0 bridgehead atoms. The van der Waals surface area contributed by atoms with Crippen molar-refractivity contribution < 1.29 is 4.74 Å². The van der Waals surface area contributed by atoms with Gasteiger partial charge < -0.3 is 10.1 Å². The van der Waals surface area contributed by atoms with Crippen LogP contribution in [-0.2, 0) is 4.74 Å². The molecule has 2 heterocycles. The molecule has 1 atom stereocenters. The second-order valence-corrected chi connectivity index (χ2v) is 7.03. The van der Waals surface area contributed by atoms with Gasteiger partial charge in [0.1, 0.15) is 0 Å². The molecule has 19 heavy (non-hydrogen) atoms. The van der Waals surface area contributed by atoms with Crippen LogP contribution in [0.3, 0.4) is 0 Å². The van der Waals surface area contributed by atoms with Crippen LogP contribution in [0.15, 0.2) is 0 Å². The zero-order valence-corrected chi connectivity index (χ0v) is 12.5. The molecule has 1 saturated carbocycles. The molecule has 2 aliphatic heterocycles. The van der Waals surface area contributed by atoms with Crippen molar-refractivity contribution in [3.05, 3.63) is 0 Å². The largest absolute Gasteiger partial charge is 0.380 e. The van der Waals surface area contributed by atoms with Crippen LogP contribution < -0.4 is 5.32 Å². The lowest BCUT2D eigenvalue weighted by molar-refractivity contribution is -0.164. The molecule has 0 amide bonds. The SMILES string of the molecule is CC(CC1(C2CCCCC2)COC1)N1CCNCC1. The Labute approximate surface area is 118 Å². The number of rotatable bonds is 4. The number of piperazine rings is 1. The summed E-state index contributed by atoms with van der Waals surface area (Å²) in [6, 6.07) is 0.730. The second kappa shape index (κ2) is 6.11. The van der Waals surface area contributed by atoms with Crippen molar-refractivity contribution in [2.45, 2.75) is 51.5 Å². The van der Waals surface area contributed by atoms with Gasteiger partial charge in [0.25, 0.3) is 0 Å². The lowest BCUT2D eigenvalue weighted by Gasteiger charge is -2.51. The van der Waals surface area contributed by atoms with E-state index in [0.29, 0.717) is 5.41 Å². The molecule has 3 nitrogen and oxygen atoms in total. The molecular weight excluding hydrogens is 236 g/mol. The Morgan fingerprint density at radius 1 is 1.16 bits per heavy atom. The average Bonchev–Trinajstić information content (AvgIpc) is 2.44. The maximum atomic E-state index is 5.65. The van der Waals surface area contributed by atoms with E-state index >= 15 is 0 Å². The third-order valence-electron chi connectivity index (χ3n) is 5.73. The van der Waals surface area contributed by atoms with Crippen molar-refractivity contribution in [2.24, 2.45) is 11.3 Å². The lowest BCUT2D eigenvalue weighted by Crippen LogP contribution is -2.55. The monoisotopic (exact) mass is 266 g/mol. The van der Waals surface area contributed by atoms with Crippen molar-refractivity contribution in [1.82, 2.24) is 10.2 Å². The van der Waals surface area contributed by atoms with Gasteiger partial charge in [0, 0.05) is 37.6 Å². The van der Waals surface area contributed by atoms with Crippen molar-refractivity contribution in [3.8, 4) is 0 Å². The molecule has 2 saturated heterocycles. The topological polar surface area (TPSA) is 24.5 Å². The third kappa shape index (κ3) is 2.98. The van der Waals surface area contributed by atoms with Crippen LogP contribution in [0.2, 0.25) is 0 Å². The van der Waals surface area contributed by atoms with Gasteiger partial charge in [-0.3, -0.25) is 4.90 Å².